The summed E-state index contributed by atoms with van der Waals surface area (Å²) in [5, 5.41) is 3.15. The van der Waals surface area contributed by atoms with Crippen molar-refractivity contribution in [2.24, 2.45) is 0 Å². The molecule has 1 aliphatic carbocycles. The number of likely N-dealkylation sites (N-methyl/N-ethyl adjacent to an activating group) is 1. The highest BCUT2D eigenvalue weighted by molar-refractivity contribution is 5.80. The highest BCUT2D eigenvalue weighted by Gasteiger charge is 2.33. The van der Waals surface area contributed by atoms with E-state index in [9.17, 15) is 13.6 Å². The minimum atomic E-state index is -2.52. The van der Waals surface area contributed by atoms with Crippen LogP contribution in [0.5, 0.6) is 0 Å². The number of hydrogen-bond donors (Lipinski definition) is 1. The van der Waals surface area contributed by atoms with Crippen molar-refractivity contribution in [1.29, 1.82) is 0 Å². The SMILES string of the molecule is C[C@H](NC1CCCC(F)(F)CC1)C(=O)N(C)C. The van der Waals surface area contributed by atoms with Gasteiger partial charge in [0.2, 0.25) is 11.8 Å². The summed E-state index contributed by atoms with van der Waals surface area (Å²) in [6.45, 7) is 1.78. The molecule has 0 aliphatic heterocycles. The van der Waals surface area contributed by atoms with E-state index < -0.39 is 5.92 Å². The molecule has 5 heteroatoms. The monoisotopic (exact) mass is 248 g/mol. The van der Waals surface area contributed by atoms with Crippen LogP contribution in [0.4, 0.5) is 8.78 Å². The van der Waals surface area contributed by atoms with E-state index in [-0.39, 0.29) is 30.8 Å². The molecule has 1 N–H and O–H groups in total. The van der Waals surface area contributed by atoms with Gasteiger partial charge in [-0.25, -0.2) is 8.78 Å². The first kappa shape index (κ1) is 14.4. The van der Waals surface area contributed by atoms with Crippen LogP contribution in [0.15, 0.2) is 0 Å². The average molecular weight is 248 g/mol. The molecule has 1 unspecified atom stereocenters. The van der Waals surface area contributed by atoms with Crippen molar-refractivity contribution in [3.05, 3.63) is 0 Å². The van der Waals surface area contributed by atoms with Crippen LogP contribution in [0.25, 0.3) is 0 Å². The lowest BCUT2D eigenvalue weighted by atomic mass is 10.1. The number of alkyl halides is 2. The van der Waals surface area contributed by atoms with Crippen molar-refractivity contribution in [3.63, 3.8) is 0 Å². The fourth-order valence-electron chi connectivity index (χ4n) is 2.24. The van der Waals surface area contributed by atoms with E-state index in [0.717, 1.165) is 6.42 Å². The van der Waals surface area contributed by atoms with Crippen molar-refractivity contribution in [3.8, 4) is 0 Å². The molecule has 0 spiro atoms. The molecule has 1 fully saturated rings. The fourth-order valence-corrected chi connectivity index (χ4v) is 2.24. The van der Waals surface area contributed by atoms with Gasteiger partial charge in [0.15, 0.2) is 0 Å². The Bertz CT molecular complexity index is 269. The molecular weight excluding hydrogens is 226 g/mol. The van der Waals surface area contributed by atoms with Crippen molar-refractivity contribution < 1.29 is 13.6 Å². The van der Waals surface area contributed by atoms with Gasteiger partial charge in [0.05, 0.1) is 6.04 Å². The highest BCUT2D eigenvalue weighted by atomic mass is 19.3. The number of nitrogens with one attached hydrogen (secondary N) is 1. The number of amides is 1. The maximum Gasteiger partial charge on any atom is 0.248 e. The van der Waals surface area contributed by atoms with Crippen molar-refractivity contribution in [2.75, 3.05) is 14.1 Å². The number of hydrogen-bond acceptors (Lipinski definition) is 2. The van der Waals surface area contributed by atoms with Gasteiger partial charge in [0, 0.05) is 33.0 Å². The van der Waals surface area contributed by atoms with E-state index in [1.165, 1.54) is 4.90 Å². The smallest absolute Gasteiger partial charge is 0.248 e. The largest absolute Gasteiger partial charge is 0.347 e. The molecule has 1 amide bonds. The summed E-state index contributed by atoms with van der Waals surface area (Å²) in [4.78, 5) is 13.2. The van der Waals surface area contributed by atoms with Crippen LogP contribution in [0, 0.1) is 0 Å². The quantitative estimate of drug-likeness (QED) is 0.775. The molecule has 100 valence electrons. The molecule has 1 saturated carbocycles. The second-order valence-corrected chi connectivity index (χ2v) is 5.10. The number of carbonyl (C=O) groups is 1. The number of rotatable bonds is 3. The highest BCUT2D eigenvalue weighted by Crippen LogP contribution is 2.31. The molecule has 0 aromatic heterocycles. The van der Waals surface area contributed by atoms with Crippen molar-refractivity contribution in [2.45, 2.75) is 57.0 Å². The molecular formula is C12H22F2N2O. The van der Waals surface area contributed by atoms with Crippen LogP contribution in [0.2, 0.25) is 0 Å². The summed E-state index contributed by atoms with van der Waals surface area (Å²) in [5.74, 6) is -2.54. The van der Waals surface area contributed by atoms with Crippen LogP contribution in [0.1, 0.15) is 39.0 Å². The molecule has 0 radical (unpaired) electrons. The molecule has 3 nitrogen and oxygen atoms in total. The zero-order chi connectivity index (χ0) is 13.1. The molecule has 2 atom stereocenters. The first-order chi connectivity index (χ1) is 7.82. The Morgan fingerprint density at radius 2 is 2.00 bits per heavy atom. The zero-order valence-corrected chi connectivity index (χ0v) is 10.8. The van der Waals surface area contributed by atoms with Crippen LogP contribution in [-0.2, 0) is 4.79 Å². The summed E-state index contributed by atoms with van der Waals surface area (Å²) >= 11 is 0. The molecule has 1 aliphatic rings. The predicted octanol–water partition coefficient (Wildman–Crippen LogP) is 2.02. The number of halogens is 2. The minimum absolute atomic E-state index is 0.0130. The summed E-state index contributed by atoms with van der Waals surface area (Å²) in [7, 11) is 3.39. The number of carbonyl (C=O) groups excluding carboxylic acids is 1. The van der Waals surface area contributed by atoms with Gasteiger partial charge in [0.1, 0.15) is 0 Å². The second-order valence-electron chi connectivity index (χ2n) is 5.10. The fraction of sp³-hybridized carbons (Fsp3) is 0.917. The standard InChI is InChI=1S/C12H22F2N2O/c1-9(11(17)16(2)3)15-10-5-4-7-12(13,14)8-6-10/h9-10,15H,4-8H2,1-3H3/t9-,10?/m0/s1. The molecule has 17 heavy (non-hydrogen) atoms. The Labute approximate surface area is 102 Å². The normalized spacial score (nSPS) is 26.1. The molecule has 0 aromatic rings. The average Bonchev–Trinajstić information content (AvgIpc) is 2.39. The second kappa shape index (κ2) is 5.76. The first-order valence-electron chi connectivity index (χ1n) is 6.17. The van der Waals surface area contributed by atoms with E-state index in [2.05, 4.69) is 5.32 Å². The Kier molecular flexibility index (Phi) is 4.86. The van der Waals surface area contributed by atoms with Crippen molar-refractivity contribution in [1.82, 2.24) is 10.2 Å². The lowest BCUT2D eigenvalue weighted by molar-refractivity contribution is -0.130. The van der Waals surface area contributed by atoms with Gasteiger partial charge in [-0.3, -0.25) is 4.79 Å². The molecule has 0 bridgehead atoms. The first-order valence-corrected chi connectivity index (χ1v) is 6.17. The van der Waals surface area contributed by atoms with E-state index in [1.807, 2.05) is 0 Å². The maximum atomic E-state index is 13.2. The van der Waals surface area contributed by atoms with E-state index in [0.29, 0.717) is 12.8 Å². The van der Waals surface area contributed by atoms with Crippen molar-refractivity contribution >= 4 is 5.91 Å². The topological polar surface area (TPSA) is 32.3 Å². The van der Waals surface area contributed by atoms with Gasteiger partial charge in [-0.2, -0.15) is 0 Å². The number of nitrogens with zero attached hydrogens (tertiary/aromatic N) is 1. The summed E-state index contributed by atoms with van der Waals surface area (Å²) in [5.41, 5.74) is 0. The Morgan fingerprint density at radius 3 is 2.59 bits per heavy atom. The van der Waals surface area contributed by atoms with Gasteiger partial charge in [0.25, 0.3) is 0 Å². The third-order valence-electron chi connectivity index (χ3n) is 3.25. The molecule has 0 heterocycles. The minimum Gasteiger partial charge on any atom is -0.347 e. The Balaban J connectivity index is 2.44. The molecule has 0 aromatic carbocycles. The summed E-state index contributed by atoms with van der Waals surface area (Å²) in [6.07, 6.45) is 1.58. The van der Waals surface area contributed by atoms with E-state index in [1.54, 1.807) is 21.0 Å². The van der Waals surface area contributed by atoms with E-state index >= 15 is 0 Å². The lowest BCUT2D eigenvalue weighted by Crippen LogP contribution is -2.46. The predicted molar refractivity (Wildman–Crippen MR) is 63.1 cm³/mol. The van der Waals surface area contributed by atoms with Gasteiger partial charge in [-0.05, 0) is 26.2 Å². The van der Waals surface area contributed by atoms with Crippen LogP contribution in [-0.4, -0.2) is 42.9 Å². The Morgan fingerprint density at radius 1 is 1.35 bits per heavy atom. The molecule has 0 saturated heterocycles. The third kappa shape index (κ3) is 4.58. The lowest BCUT2D eigenvalue weighted by Gasteiger charge is -2.23. The van der Waals surface area contributed by atoms with Crippen LogP contribution < -0.4 is 5.32 Å². The third-order valence-corrected chi connectivity index (χ3v) is 3.25. The van der Waals surface area contributed by atoms with E-state index in [4.69, 9.17) is 0 Å². The zero-order valence-electron chi connectivity index (χ0n) is 10.8. The molecule has 1 rings (SSSR count). The summed E-state index contributed by atoms with van der Waals surface area (Å²) in [6, 6.07) is -0.274. The van der Waals surface area contributed by atoms with Gasteiger partial charge in [-0.1, -0.05) is 0 Å². The van der Waals surface area contributed by atoms with Gasteiger partial charge < -0.3 is 10.2 Å². The maximum absolute atomic E-state index is 13.2. The van der Waals surface area contributed by atoms with Gasteiger partial charge in [-0.15, -0.1) is 0 Å². The van der Waals surface area contributed by atoms with Crippen LogP contribution >= 0.6 is 0 Å². The van der Waals surface area contributed by atoms with Gasteiger partial charge >= 0.3 is 0 Å². The summed E-state index contributed by atoms with van der Waals surface area (Å²) < 4.78 is 26.3. The van der Waals surface area contributed by atoms with Crippen LogP contribution in [0.3, 0.4) is 0 Å². The Hall–Kier alpha value is -0.710.